The van der Waals surface area contributed by atoms with Crippen LogP contribution in [0.25, 0.3) is 0 Å². The summed E-state index contributed by atoms with van der Waals surface area (Å²) in [6.07, 6.45) is 8.20. The van der Waals surface area contributed by atoms with E-state index in [0.717, 1.165) is 23.2 Å². The Hall–Kier alpha value is -2.97. The molecule has 4 heterocycles. The molecule has 0 bridgehead atoms. The molecule has 1 aromatic carbocycles. The van der Waals surface area contributed by atoms with Crippen molar-refractivity contribution < 1.29 is 29.0 Å². The third kappa shape index (κ3) is 3.62. The number of carbonyl (C=O) groups is 3. The second-order valence-corrected chi connectivity index (χ2v) is 10.00. The largest absolute Gasteiger partial charge is 0.465 e. The minimum Gasteiger partial charge on any atom is -0.465 e. The number of likely N-dealkylation sites (tertiary alicyclic amines) is 1. The van der Waals surface area contributed by atoms with Gasteiger partial charge >= 0.3 is 5.97 Å². The van der Waals surface area contributed by atoms with Crippen LogP contribution in [0.1, 0.15) is 30.9 Å². The number of ether oxygens (including phenoxy) is 2. The van der Waals surface area contributed by atoms with Gasteiger partial charge in [-0.2, -0.15) is 0 Å². The summed E-state index contributed by atoms with van der Waals surface area (Å²) >= 11 is 0. The second kappa shape index (κ2) is 8.91. The van der Waals surface area contributed by atoms with Crippen LogP contribution in [-0.4, -0.2) is 71.3 Å². The van der Waals surface area contributed by atoms with Crippen molar-refractivity contribution in [2.75, 3.05) is 24.7 Å². The van der Waals surface area contributed by atoms with E-state index in [9.17, 15) is 19.5 Å². The molecule has 0 aliphatic carbocycles. The molecule has 5 rings (SSSR count). The van der Waals surface area contributed by atoms with Crippen LogP contribution in [0, 0.1) is 25.7 Å². The van der Waals surface area contributed by atoms with Crippen LogP contribution in [0.3, 0.4) is 0 Å². The predicted molar refractivity (Wildman–Crippen MR) is 129 cm³/mol. The summed E-state index contributed by atoms with van der Waals surface area (Å²) in [5, 5.41) is 10.0. The first kappa shape index (κ1) is 23.8. The lowest BCUT2D eigenvalue weighted by molar-refractivity contribution is -0.155. The summed E-state index contributed by atoms with van der Waals surface area (Å²) in [4.78, 5) is 44.5. The molecule has 186 valence electrons. The average molecular weight is 481 g/mol. The van der Waals surface area contributed by atoms with Gasteiger partial charge in [0.2, 0.25) is 5.91 Å². The number of aryl methyl sites for hydroxylation is 2. The highest BCUT2D eigenvalue weighted by Crippen LogP contribution is 2.53. The van der Waals surface area contributed by atoms with Gasteiger partial charge in [0.1, 0.15) is 17.6 Å². The molecule has 8 nitrogen and oxygen atoms in total. The van der Waals surface area contributed by atoms with Gasteiger partial charge in [-0.1, -0.05) is 36.4 Å². The number of hydrogen-bond acceptors (Lipinski definition) is 6. The smallest absolute Gasteiger partial charge is 0.312 e. The summed E-state index contributed by atoms with van der Waals surface area (Å²) in [7, 11) is 0. The number of carbonyl (C=O) groups excluding carboxylic acids is 3. The van der Waals surface area contributed by atoms with Gasteiger partial charge in [-0.3, -0.25) is 14.4 Å². The van der Waals surface area contributed by atoms with Crippen LogP contribution in [0.2, 0.25) is 0 Å². The molecule has 6 atom stereocenters. The van der Waals surface area contributed by atoms with Crippen LogP contribution in [-0.2, 0) is 23.9 Å². The third-order valence-electron chi connectivity index (χ3n) is 7.68. The van der Waals surface area contributed by atoms with Crippen LogP contribution >= 0.6 is 0 Å². The molecule has 2 saturated heterocycles. The number of aliphatic hydroxyl groups is 1. The number of nitrogens with zero attached hydrogens (tertiary/aromatic N) is 2. The van der Waals surface area contributed by atoms with Gasteiger partial charge in [-0.05, 0) is 50.8 Å². The maximum Gasteiger partial charge on any atom is 0.312 e. The highest BCUT2D eigenvalue weighted by Gasteiger charge is 2.72. The Morgan fingerprint density at radius 2 is 1.97 bits per heavy atom. The fourth-order valence-corrected chi connectivity index (χ4v) is 5.98. The zero-order chi connectivity index (χ0) is 24.9. The first-order valence-electron chi connectivity index (χ1n) is 12.3. The Balaban J connectivity index is 1.65. The summed E-state index contributed by atoms with van der Waals surface area (Å²) < 4.78 is 12.1. The molecule has 0 radical (unpaired) electrons. The number of benzene rings is 1. The van der Waals surface area contributed by atoms with E-state index in [0.29, 0.717) is 13.0 Å². The molecule has 0 saturated carbocycles. The van der Waals surface area contributed by atoms with Gasteiger partial charge in [0.05, 0.1) is 31.3 Å². The minimum atomic E-state index is -1.33. The lowest BCUT2D eigenvalue weighted by atomic mass is 9.78. The zero-order valence-electron chi connectivity index (χ0n) is 20.3. The van der Waals surface area contributed by atoms with Crippen molar-refractivity contribution in [3.8, 4) is 0 Å². The maximum atomic E-state index is 14.3. The number of aliphatic hydroxyl groups excluding tert-OH is 1. The molecule has 2 fully saturated rings. The second-order valence-electron chi connectivity index (χ2n) is 10.00. The molecule has 35 heavy (non-hydrogen) atoms. The molecule has 1 N–H and O–H groups in total. The average Bonchev–Trinajstić information content (AvgIpc) is 3.25. The normalized spacial score (nSPS) is 34.2. The first-order chi connectivity index (χ1) is 16.8. The molecular formula is C27H32N2O6. The van der Waals surface area contributed by atoms with Crippen LogP contribution < -0.4 is 4.90 Å². The van der Waals surface area contributed by atoms with Crippen molar-refractivity contribution >= 4 is 23.5 Å². The van der Waals surface area contributed by atoms with Crippen molar-refractivity contribution in [2.24, 2.45) is 11.8 Å². The van der Waals surface area contributed by atoms with Gasteiger partial charge < -0.3 is 24.4 Å². The SMILES string of the molecule is Cc1ccc(C)c(N2CC=C[C@]34O[C@H]5/C=C\CCCOC(=O)[C@H]5[C@H]3C(=O)N([C@H](C)CO)C4C2=O)c1. The van der Waals surface area contributed by atoms with Gasteiger partial charge in [0, 0.05) is 12.2 Å². The Kier molecular flexibility index (Phi) is 6.05. The number of allylic oxidation sites excluding steroid dienone is 1. The summed E-state index contributed by atoms with van der Waals surface area (Å²) in [6.45, 7) is 5.88. The van der Waals surface area contributed by atoms with Crippen molar-refractivity contribution in [1.29, 1.82) is 0 Å². The summed E-state index contributed by atoms with van der Waals surface area (Å²) in [6, 6.07) is 4.27. The number of amides is 2. The van der Waals surface area contributed by atoms with E-state index in [1.807, 2.05) is 50.3 Å². The molecule has 1 spiro atoms. The van der Waals surface area contributed by atoms with E-state index in [-0.39, 0.29) is 25.0 Å². The number of rotatable bonds is 3. The first-order valence-corrected chi connectivity index (χ1v) is 12.3. The number of cyclic esters (lactones) is 1. The van der Waals surface area contributed by atoms with Crippen molar-refractivity contribution in [3.05, 3.63) is 53.6 Å². The van der Waals surface area contributed by atoms with Gasteiger partial charge in [0.15, 0.2) is 0 Å². The van der Waals surface area contributed by atoms with Gasteiger partial charge in [0.25, 0.3) is 5.91 Å². The molecular weight excluding hydrogens is 448 g/mol. The minimum absolute atomic E-state index is 0.273. The van der Waals surface area contributed by atoms with Crippen molar-refractivity contribution in [2.45, 2.75) is 57.4 Å². The van der Waals surface area contributed by atoms with Crippen molar-refractivity contribution in [3.63, 3.8) is 0 Å². The highest BCUT2D eigenvalue weighted by molar-refractivity contribution is 6.06. The Labute approximate surface area is 205 Å². The molecule has 0 aromatic heterocycles. The van der Waals surface area contributed by atoms with E-state index in [4.69, 9.17) is 9.47 Å². The predicted octanol–water partition coefficient (Wildman–Crippen LogP) is 2.06. The maximum absolute atomic E-state index is 14.3. The number of fused-ring (bicyclic) bond motifs is 2. The van der Waals surface area contributed by atoms with E-state index in [1.165, 1.54) is 4.90 Å². The Morgan fingerprint density at radius 1 is 1.17 bits per heavy atom. The zero-order valence-corrected chi connectivity index (χ0v) is 20.3. The van der Waals surface area contributed by atoms with E-state index in [2.05, 4.69) is 0 Å². The third-order valence-corrected chi connectivity index (χ3v) is 7.68. The number of anilines is 1. The Morgan fingerprint density at radius 3 is 2.74 bits per heavy atom. The quantitative estimate of drug-likeness (QED) is 0.526. The monoisotopic (exact) mass is 480 g/mol. The van der Waals surface area contributed by atoms with Crippen LogP contribution in [0.4, 0.5) is 5.69 Å². The summed E-state index contributed by atoms with van der Waals surface area (Å²) in [5.74, 6) is -2.91. The highest BCUT2D eigenvalue weighted by atomic mass is 16.6. The molecule has 1 unspecified atom stereocenters. The molecule has 8 heteroatoms. The Bertz CT molecular complexity index is 1110. The molecule has 4 aliphatic heterocycles. The van der Waals surface area contributed by atoms with E-state index < -0.39 is 41.6 Å². The van der Waals surface area contributed by atoms with Gasteiger partial charge in [-0.15, -0.1) is 0 Å². The lowest BCUT2D eigenvalue weighted by Gasteiger charge is -2.37. The molecule has 1 aromatic rings. The van der Waals surface area contributed by atoms with Crippen molar-refractivity contribution in [1.82, 2.24) is 4.90 Å². The van der Waals surface area contributed by atoms with Crippen LogP contribution in [0.5, 0.6) is 0 Å². The van der Waals surface area contributed by atoms with E-state index >= 15 is 0 Å². The van der Waals surface area contributed by atoms with Gasteiger partial charge in [-0.25, -0.2) is 0 Å². The standard InChI is InChI=1S/C27H32N2O6/c1-16-9-10-17(2)19(14-16)28-12-7-11-27-22(24(31)29(18(3)15-30)23(27)25(28)32)21-20(35-27)8-5-4-6-13-34-26(21)33/h5,7-11,14,18,20-23,30H,4,6,12-13,15H2,1-3H3/b8-5-/t18-,20+,21-,22+,23?,27+/m1/s1. The summed E-state index contributed by atoms with van der Waals surface area (Å²) in [5.41, 5.74) is 1.39. The van der Waals surface area contributed by atoms with Crippen LogP contribution in [0.15, 0.2) is 42.5 Å². The fraction of sp³-hybridized carbons (Fsp3) is 0.519. The molecule has 4 aliphatic rings. The molecule has 2 amide bonds. The fourth-order valence-electron chi connectivity index (χ4n) is 5.98. The van der Waals surface area contributed by atoms with E-state index in [1.54, 1.807) is 17.9 Å². The number of esters is 1. The topological polar surface area (TPSA) is 96.4 Å². The number of hydrogen-bond donors (Lipinski definition) is 1. The lowest BCUT2D eigenvalue weighted by Crippen LogP contribution is -2.57.